The number of rotatable bonds is 8. The lowest BCUT2D eigenvalue weighted by Crippen LogP contribution is -2.55. The maximum Gasteiger partial charge on any atom is 0.338 e. The number of esters is 1. The molecule has 6 nitrogen and oxygen atoms in total. The van der Waals surface area contributed by atoms with E-state index in [1.54, 1.807) is 43.9 Å². The Balaban J connectivity index is 1.64. The van der Waals surface area contributed by atoms with Crippen molar-refractivity contribution in [3.63, 3.8) is 0 Å². The van der Waals surface area contributed by atoms with Crippen LogP contribution in [0, 0.1) is 17.6 Å². The molecule has 1 N–H and O–H groups in total. The Morgan fingerprint density at radius 1 is 1.00 bits per heavy atom. The van der Waals surface area contributed by atoms with Crippen molar-refractivity contribution in [2.24, 2.45) is 5.92 Å². The minimum absolute atomic E-state index is 0.175. The average Bonchev–Trinajstić information content (AvgIpc) is 2.87. The molecule has 38 heavy (non-hydrogen) atoms. The quantitative estimate of drug-likeness (QED) is 0.283. The molecule has 3 atom stereocenters. The summed E-state index contributed by atoms with van der Waals surface area (Å²) in [7, 11) is 1.48. The number of hydrogen-bond donors (Lipinski definition) is 1. The molecule has 3 aromatic carbocycles. The van der Waals surface area contributed by atoms with Crippen molar-refractivity contribution < 1.29 is 33.0 Å². The first-order chi connectivity index (χ1) is 18.0. The number of halogens is 2. The molecule has 0 saturated carbocycles. The van der Waals surface area contributed by atoms with Gasteiger partial charge in [0.25, 0.3) is 0 Å². The van der Waals surface area contributed by atoms with Gasteiger partial charge in [-0.15, -0.1) is 0 Å². The van der Waals surface area contributed by atoms with Gasteiger partial charge in [-0.25, -0.2) is 13.6 Å². The summed E-state index contributed by atoms with van der Waals surface area (Å²) >= 11 is 0. The lowest BCUT2D eigenvalue weighted by Gasteiger charge is -2.48. The number of carbonyl (C=O) groups is 2. The number of hydrogen-bond acceptors (Lipinski definition) is 5. The fourth-order valence-corrected chi connectivity index (χ4v) is 4.68. The van der Waals surface area contributed by atoms with Crippen LogP contribution >= 0.6 is 0 Å². The number of amides is 1. The molecular formula is C30H31F2NO5. The minimum Gasteiger partial charge on any atom is -0.496 e. The Labute approximate surface area is 220 Å². The second-order valence-corrected chi connectivity index (χ2v) is 10.3. The molecule has 3 aromatic rings. The molecule has 1 heterocycles. The number of β-lactam (4-membered cyclic amide) rings is 1. The van der Waals surface area contributed by atoms with Gasteiger partial charge in [-0.05, 0) is 87.7 Å². The molecule has 0 bridgehead atoms. The predicted octanol–water partition coefficient (Wildman–Crippen LogP) is 6.15. The molecule has 0 aromatic heterocycles. The highest BCUT2D eigenvalue weighted by molar-refractivity contribution is 6.03. The van der Waals surface area contributed by atoms with Crippen LogP contribution in [0.2, 0.25) is 0 Å². The van der Waals surface area contributed by atoms with Crippen molar-refractivity contribution in [3.05, 3.63) is 95.1 Å². The zero-order valence-electron chi connectivity index (χ0n) is 21.8. The van der Waals surface area contributed by atoms with Crippen LogP contribution in [-0.2, 0) is 9.53 Å². The SMILES string of the molecule is COc1cc(C(=O)OC(C)(C)C)ccc1C1C(CCC(O)c2ccc(F)cc2)C(=O)N1c1ccc(F)cc1. The van der Waals surface area contributed by atoms with Crippen LogP contribution in [-0.4, -0.2) is 29.7 Å². The van der Waals surface area contributed by atoms with Gasteiger partial charge in [0.1, 0.15) is 23.0 Å². The van der Waals surface area contributed by atoms with Crippen molar-refractivity contribution in [2.75, 3.05) is 12.0 Å². The molecular weight excluding hydrogens is 492 g/mol. The number of aliphatic hydroxyl groups is 1. The van der Waals surface area contributed by atoms with Gasteiger partial charge in [-0.2, -0.15) is 0 Å². The Kier molecular flexibility index (Phi) is 7.83. The molecule has 1 amide bonds. The van der Waals surface area contributed by atoms with Crippen LogP contribution in [0.3, 0.4) is 0 Å². The first kappa shape index (κ1) is 27.3. The number of methoxy groups -OCH3 is 1. The van der Waals surface area contributed by atoms with Crippen molar-refractivity contribution in [2.45, 2.75) is 51.4 Å². The standard InChI is InChI=1S/C30H31F2NO5/c1-30(2,3)38-29(36)19-7-14-23(26(17-19)37-4)27-24(15-16-25(34)18-5-8-20(31)9-6-18)28(35)33(27)22-12-10-21(32)11-13-22/h5-14,17,24-25,27,34H,15-16H2,1-4H3. The Morgan fingerprint density at radius 2 is 1.61 bits per heavy atom. The second kappa shape index (κ2) is 10.9. The number of benzene rings is 3. The maximum absolute atomic E-state index is 13.6. The van der Waals surface area contributed by atoms with E-state index in [4.69, 9.17) is 9.47 Å². The van der Waals surface area contributed by atoms with Crippen LogP contribution < -0.4 is 9.64 Å². The van der Waals surface area contributed by atoms with E-state index < -0.39 is 41.3 Å². The van der Waals surface area contributed by atoms with Gasteiger partial charge < -0.3 is 19.5 Å². The summed E-state index contributed by atoms with van der Waals surface area (Å²) < 4.78 is 38.0. The van der Waals surface area contributed by atoms with Crippen molar-refractivity contribution in [3.8, 4) is 5.75 Å². The summed E-state index contributed by atoms with van der Waals surface area (Å²) in [5, 5.41) is 10.7. The molecule has 1 aliphatic heterocycles. The number of carbonyl (C=O) groups excluding carboxylic acids is 2. The maximum atomic E-state index is 13.6. The number of nitrogens with zero attached hydrogens (tertiary/aromatic N) is 1. The van der Waals surface area contributed by atoms with Gasteiger partial charge in [0.15, 0.2) is 0 Å². The summed E-state index contributed by atoms with van der Waals surface area (Å²) in [6.45, 7) is 5.34. The van der Waals surface area contributed by atoms with E-state index in [0.29, 0.717) is 34.5 Å². The van der Waals surface area contributed by atoms with Gasteiger partial charge >= 0.3 is 5.97 Å². The molecule has 3 unspecified atom stereocenters. The van der Waals surface area contributed by atoms with E-state index in [2.05, 4.69) is 0 Å². The van der Waals surface area contributed by atoms with Crippen LogP contribution in [0.4, 0.5) is 14.5 Å². The van der Waals surface area contributed by atoms with Gasteiger partial charge in [0.2, 0.25) is 5.91 Å². The zero-order chi connectivity index (χ0) is 27.6. The summed E-state index contributed by atoms with van der Waals surface area (Å²) in [6, 6.07) is 15.7. The van der Waals surface area contributed by atoms with E-state index in [-0.39, 0.29) is 12.3 Å². The third kappa shape index (κ3) is 5.86. The van der Waals surface area contributed by atoms with Gasteiger partial charge in [0.05, 0.1) is 30.7 Å². The summed E-state index contributed by atoms with van der Waals surface area (Å²) in [5.41, 5.74) is 1.39. The Hall–Kier alpha value is -3.78. The smallest absolute Gasteiger partial charge is 0.338 e. The van der Waals surface area contributed by atoms with Gasteiger partial charge in [-0.3, -0.25) is 4.79 Å². The van der Waals surface area contributed by atoms with E-state index >= 15 is 0 Å². The van der Waals surface area contributed by atoms with E-state index in [9.17, 15) is 23.5 Å². The molecule has 0 aliphatic carbocycles. The monoisotopic (exact) mass is 523 g/mol. The van der Waals surface area contributed by atoms with Crippen LogP contribution in [0.15, 0.2) is 66.7 Å². The van der Waals surface area contributed by atoms with Gasteiger partial charge in [-0.1, -0.05) is 18.2 Å². The van der Waals surface area contributed by atoms with Crippen LogP contribution in [0.1, 0.15) is 67.2 Å². The second-order valence-electron chi connectivity index (χ2n) is 10.3. The summed E-state index contributed by atoms with van der Waals surface area (Å²) in [4.78, 5) is 27.5. The molecule has 8 heteroatoms. The van der Waals surface area contributed by atoms with Crippen molar-refractivity contribution in [1.82, 2.24) is 0 Å². The Morgan fingerprint density at radius 3 is 2.18 bits per heavy atom. The summed E-state index contributed by atoms with van der Waals surface area (Å²) in [5.74, 6) is -1.59. The largest absolute Gasteiger partial charge is 0.496 e. The number of ether oxygens (including phenoxy) is 2. The van der Waals surface area contributed by atoms with Crippen molar-refractivity contribution in [1.29, 1.82) is 0 Å². The zero-order valence-corrected chi connectivity index (χ0v) is 21.8. The molecule has 1 saturated heterocycles. The minimum atomic E-state index is -0.875. The molecule has 200 valence electrons. The summed E-state index contributed by atoms with van der Waals surface area (Å²) in [6.07, 6.45) is -0.259. The third-order valence-corrected chi connectivity index (χ3v) is 6.51. The van der Waals surface area contributed by atoms with Crippen LogP contribution in [0.25, 0.3) is 0 Å². The predicted molar refractivity (Wildman–Crippen MR) is 139 cm³/mol. The van der Waals surface area contributed by atoms with Crippen LogP contribution in [0.5, 0.6) is 5.75 Å². The van der Waals surface area contributed by atoms with Crippen molar-refractivity contribution >= 4 is 17.6 Å². The first-order valence-electron chi connectivity index (χ1n) is 12.4. The Bertz CT molecular complexity index is 1300. The highest BCUT2D eigenvalue weighted by Gasteiger charge is 2.49. The van der Waals surface area contributed by atoms with E-state index in [1.807, 2.05) is 0 Å². The fourth-order valence-electron chi connectivity index (χ4n) is 4.68. The molecule has 1 fully saturated rings. The highest BCUT2D eigenvalue weighted by atomic mass is 19.1. The average molecular weight is 524 g/mol. The lowest BCUT2D eigenvalue weighted by molar-refractivity contribution is -0.131. The topological polar surface area (TPSA) is 76.1 Å². The van der Waals surface area contributed by atoms with Gasteiger partial charge in [0, 0.05) is 11.3 Å². The van der Waals surface area contributed by atoms with E-state index in [0.717, 1.165) is 0 Å². The third-order valence-electron chi connectivity index (χ3n) is 6.51. The fraction of sp³-hybridized carbons (Fsp3) is 0.333. The molecule has 1 aliphatic rings. The molecule has 0 spiro atoms. The highest BCUT2D eigenvalue weighted by Crippen LogP contribution is 2.49. The molecule has 4 rings (SSSR count). The normalized spacial score (nSPS) is 18.1. The first-order valence-corrected chi connectivity index (χ1v) is 12.4. The lowest BCUT2D eigenvalue weighted by atomic mass is 9.77. The number of aliphatic hydroxyl groups excluding tert-OH is 1. The molecule has 0 radical (unpaired) electrons. The number of anilines is 1. The van der Waals surface area contributed by atoms with E-state index in [1.165, 1.54) is 55.6 Å².